The normalized spacial score (nSPS) is 19.1. The number of nitrogens with two attached hydrogens (primary N) is 1. The molecule has 0 radical (unpaired) electrons. The van der Waals surface area contributed by atoms with E-state index in [0.29, 0.717) is 12.0 Å². The van der Waals surface area contributed by atoms with E-state index < -0.39 is 0 Å². The Balaban J connectivity index is 1.76. The van der Waals surface area contributed by atoms with Gasteiger partial charge in [0.25, 0.3) is 0 Å². The molecule has 23 heavy (non-hydrogen) atoms. The van der Waals surface area contributed by atoms with Gasteiger partial charge in [0, 0.05) is 12.6 Å². The van der Waals surface area contributed by atoms with Gasteiger partial charge in [0.1, 0.15) is 5.75 Å². The topological polar surface area (TPSA) is 62.9 Å². The van der Waals surface area contributed by atoms with E-state index in [-0.39, 0.29) is 0 Å². The van der Waals surface area contributed by atoms with Gasteiger partial charge in [-0.3, -0.25) is 9.89 Å². The second-order valence-electron chi connectivity index (χ2n) is 6.13. The van der Waals surface area contributed by atoms with Crippen LogP contribution in [0.5, 0.6) is 5.75 Å². The Hall–Kier alpha value is -1.75. The summed E-state index contributed by atoms with van der Waals surface area (Å²) >= 11 is 0. The first kappa shape index (κ1) is 17.6. The number of guanidine groups is 1. The summed E-state index contributed by atoms with van der Waals surface area (Å²) in [7, 11) is 1.71. The van der Waals surface area contributed by atoms with Crippen LogP contribution in [0, 0.1) is 6.92 Å². The Bertz CT molecular complexity index is 530. The number of nitrogens with zero attached hydrogens (tertiary/aromatic N) is 2. The minimum absolute atomic E-state index is 0.548. The number of likely N-dealkylation sites (tertiary alicyclic amines) is 1. The number of hydrogen-bond donors (Lipinski definition) is 2. The first-order chi connectivity index (χ1) is 11.1. The zero-order valence-corrected chi connectivity index (χ0v) is 14.6. The lowest BCUT2D eigenvalue weighted by Crippen LogP contribution is -2.36. The van der Waals surface area contributed by atoms with Gasteiger partial charge in [-0.1, -0.05) is 19.1 Å². The minimum Gasteiger partial charge on any atom is -0.496 e. The van der Waals surface area contributed by atoms with Gasteiger partial charge in [-0.15, -0.1) is 0 Å². The van der Waals surface area contributed by atoms with Crippen molar-refractivity contribution in [3.63, 3.8) is 0 Å². The molecule has 1 aromatic rings. The van der Waals surface area contributed by atoms with Crippen LogP contribution in [0.4, 0.5) is 0 Å². The maximum Gasteiger partial charge on any atom is 0.188 e. The SMILES string of the molecule is CCN1CCCC1CN=C(N)NCCc1ccc(C)c(OC)c1. The molecule has 1 fully saturated rings. The molecule has 0 bridgehead atoms. The second-order valence-corrected chi connectivity index (χ2v) is 6.13. The Morgan fingerprint density at radius 2 is 2.30 bits per heavy atom. The summed E-state index contributed by atoms with van der Waals surface area (Å²) in [6.07, 6.45) is 3.40. The summed E-state index contributed by atoms with van der Waals surface area (Å²) < 4.78 is 5.36. The molecule has 0 aromatic heterocycles. The number of methoxy groups -OCH3 is 1. The van der Waals surface area contributed by atoms with Crippen molar-refractivity contribution in [1.29, 1.82) is 0 Å². The van der Waals surface area contributed by atoms with Crippen LogP contribution >= 0.6 is 0 Å². The van der Waals surface area contributed by atoms with Crippen molar-refractivity contribution in [3.05, 3.63) is 29.3 Å². The Kier molecular flexibility index (Phi) is 6.71. The highest BCUT2D eigenvalue weighted by molar-refractivity contribution is 5.77. The quantitative estimate of drug-likeness (QED) is 0.596. The van der Waals surface area contributed by atoms with E-state index in [1.807, 2.05) is 6.92 Å². The standard InChI is InChI=1S/C18H30N4O/c1-4-22-11-5-6-16(22)13-21-18(19)20-10-9-15-8-7-14(2)17(12-15)23-3/h7-8,12,16H,4-6,9-11,13H2,1-3H3,(H3,19,20,21). The first-order valence-corrected chi connectivity index (χ1v) is 8.55. The summed E-state index contributed by atoms with van der Waals surface area (Å²) in [6, 6.07) is 6.86. The lowest BCUT2D eigenvalue weighted by Gasteiger charge is -2.21. The first-order valence-electron chi connectivity index (χ1n) is 8.55. The smallest absolute Gasteiger partial charge is 0.188 e. The molecule has 1 atom stereocenters. The van der Waals surface area contributed by atoms with Crippen LogP contribution in [0.2, 0.25) is 0 Å². The van der Waals surface area contributed by atoms with Crippen molar-refractivity contribution < 1.29 is 4.74 Å². The zero-order chi connectivity index (χ0) is 16.7. The molecule has 2 rings (SSSR count). The van der Waals surface area contributed by atoms with Crippen molar-refractivity contribution in [3.8, 4) is 5.75 Å². The zero-order valence-electron chi connectivity index (χ0n) is 14.6. The number of aryl methyl sites for hydroxylation is 1. The largest absolute Gasteiger partial charge is 0.496 e. The number of nitrogens with one attached hydrogen (secondary N) is 1. The monoisotopic (exact) mass is 318 g/mol. The van der Waals surface area contributed by atoms with E-state index in [1.54, 1.807) is 7.11 Å². The fraction of sp³-hybridized carbons (Fsp3) is 0.611. The van der Waals surface area contributed by atoms with Crippen LogP contribution in [-0.4, -0.2) is 50.2 Å². The molecule has 0 amide bonds. The van der Waals surface area contributed by atoms with Gasteiger partial charge in [-0.05, 0) is 56.5 Å². The number of rotatable bonds is 7. The molecule has 1 saturated heterocycles. The molecule has 3 N–H and O–H groups in total. The average Bonchev–Trinajstić information content (AvgIpc) is 3.02. The van der Waals surface area contributed by atoms with E-state index in [1.165, 1.54) is 24.9 Å². The fourth-order valence-corrected chi connectivity index (χ4v) is 3.13. The highest BCUT2D eigenvalue weighted by Gasteiger charge is 2.22. The van der Waals surface area contributed by atoms with Crippen LogP contribution in [0.1, 0.15) is 30.9 Å². The van der Waals surface area contributed by atoms with E-state index >= 15 is 0 Å². The molecule has 5 heteroatoms. The number of benzene rings is 1. The summed E-state index contributed by atoms with van der Waals surface area (Å²) in [4.78, 5) is 6.98. The van der Waals surface area contributed by atoms with E-state index in [9.17, 15) is 0 Å². The number of aliphatic imine (C=N–C) groups is 1. The molecular weight excluding hydrogens is 288 g/mol. The van der Waals surface area contributed by atoms with Crippen molar-refractivity contribution in [1.82, 2.24) is 10.2 Å². The number of likely N-dealkylation sites (N-methyl/N-ethyl adjacent to an activating group) is 1. The third-order valence-corrected chi connectivity index (χ3v) is 4.57. The van der Waals surface area contributed by atoms with Gasteiger partial charge >= 0.3 is 0 Å². The van der Waals surface area contributed by atoms with Crippen LogP contribution in [0.15, 0.2) is 23.2 Å². The maximum absolute atomic E-state index is 5.98. The third-order valence-electron chi connectivity index (χ3n) is 4.57. The Morgan fingerprint density at radius 1 is 1.48 bits per heavy atom. The van der Waals surface area contributed by atoms with Crippen molar-refractivity contribution in [2.75, 3.05) is 33.3 Å². The lowest BCUT2D eigenvalue weighted by atomic mass is 10.1. The predicted molar refractivity (Wildman–Crippen MR) is 96.2 cm³/mol. The van der Waals surface area contributed by atoms with Crippen LogP contribution < -0.4 is 15.8 Å². The molecule has 0 aliphatic carbocycles. The second kappa shape index (κ2) is 8.77. The van der Waals surface area contributed by atoms with Gasteiger partial charge in [0.2, 0.25) is 0 Å². The summed E-state index contributed by atoms with van der Waals surface area (Å²) in [5.74, 6) is 1.48. The summed E-state index contributed by atoms with van der Waals surface area (Å²) in [5.41, 5.74) is 8.37. The molecule has 0 spiro atoms. The van der Waals surface area contributed by atoms with Crippen LogP contribution in [0.3, 0.4) is 0 Å². The predicted octanol–water partition coefficient (Wildman–Crippen LogP) is 1.93. The third kappa shape index (κ3) is 5.13. The molecule has 0 saturated carbocycles. The molecule has 1 aromatic carbocycles. The summed E-state index contributed by atoms with van der Waals surface area (Å²) in [5, 5.41) is 3.21. The fourth-order valence-electron chi connectivity index (χ4n) is 3.13. The average molecular weight is 318 g/mol. The lowest BCUT2D eigenvalue weighted by molar-refractivity contribution is 0.273. The van der Waals surface area contributed by atoms with Gasteiger partial charge < -0.3 is 15.8 Å². The van der Waals surface area contributed by atoms with E-state index in [0.717, 1.165) is 37.4 Å². The summed E-state index contributed by atoms with van der Waals surface area (Å²) in [6.45, 7) is 8.13. The van der Waals surface area contributed by atoms with Gasteiger partial charge in [0.15, 0.2) is 5.96 Å². The Morgan fingerprint density at radius 3 is 3.04 bits per heavy atom. The molecule has 5 nitrogen and oxygen atoms in total. The molecule has 1 aliphatic heterocycles. The minimum atomic E-state index is 0.548. The highest BCUT2D eigenvalue weighted by Crippen LogP contribution is 2.19. The number of ether oxygens (including phenoxy) is 1. The van der Waals surface area contributed by atoms with Crippen molar-refractivity contribution in [2.45, 2.75) is 39.2 Å². The van der Waals surface area contributed by atoms with Crippen molar-refractivity contribution in [2.24, 2.45) is 10.7 Å². The van der Waals surface area contributed by atoms with Gasteiger partial charge in [0.05, 0.1) is 13.7 Å². The molecular formula is C18H30N4O. The maximum atomic E-state index is 5.98. The number of hydrogen-bond acceptors (Lipinski definition) is 3. The van der Waals surface area contributed by atoms with E-state index in [2.05, 4.69) is 40.3 Å². The Labute approximate surface area is 139 Å². The highest BCUT2D eigenvalue weighted by atomic mass is 16.5. The molecule has 128 valence electrons. The van der Waals surface area contributed by atoms with Crippen molar-refractivity contribution >= 4 is 5.96 Å². The molecule has 1 unspecified atom stereocenters. The van der Waals surface area contributed by atoms with Gasteiger partial charge in [-0.2, -0.15) is 0 Å². The van der Waals surface area contributed by atoms with E-state index in [4.69, 9.17) is 10.5 Å². The molecule has 1 heterocycles. The van der Waals surface area contributed by atoms with Crippen LogP contribution in [-0.2, 0) is 6.42 Å². The van der Waals surface area contributed by atoms with Crippen LogP contribution in [0.25, 0.3) is 0 Å². The molecule has 1 aliphatic rings. The van der Waals surface area contributed by atoms with Gasteiger partial charge in [-0.25, -0.2) is 0 Å².